The number of aryl methyl sites for hydroxylation is 1. The van der Waals surface area contributed by atoms with Crippen molar-refractivity contribution >= 4 is 11.7 Å². The highest BCUT2D eigenvalue weighted by atomic mass is 19.4. The fourth-order valence-corrected chi connectivity index (χ4v) is 4.13. The summed E-state index contributed by atoms with van der Waals surface area (Å²) in [6, 6.07) is 6.67. The van der Waals surface area contributed by atoms with Gasteiger partial charge in [-0.3, -0.25) is 4.79 Å². The van der Waals surface area contributed by atoms with Crippen molar-refractivity contribution in [3.05, 3.63) is 47.2 Å². The minimum absolute atomic E-state index is 0.0770. The first-order valence-corrected chi connectivity index (χ1v) is 10.1. The van der Waals surface area contributed by atoms with Crippen LogP contribution in [0.5, 0.6) is 0 Å². The number of amides is 1. The maximum Gasteiger partial charge on any atom is 0.410 e. The number of aromatic nitrogens is 2. The van der Waals surface area contributed by atoms with Crippen molar-refractivity contribution in [3.63, 3.8) is 0 Å². The van der Waals surface area contributed by atoms with Crippen molar-refractivity contribution < 1.29 is 18.0 Å². The van der Waals surface area contributed by atoms with E-state index < -0.39 is 18.3 Å². The van der Waals surface area contributed by atoms with Crippen LogP contribution in [0.2, 0.25) is 0 Å². The van der Waals surface area contributed by atoms with Gasteiger partial charge in [-0.05, 0) is 25.3 Å². The van der Waals surface area contributed by atoms with Crippen LogP contribution in [0.4, 0.5) is 19.0 Å². The SMILES string of the molecule is Cc1ccc([C@@H]2C[C@@H](C(F)(F)F)n3nc(C(=O)N4CCCCCC4)cc3N2)cc1. The van der Waals surface area contributed by atoms with Gasteiger partial charge in [0.05, 0.1) is 6.04 Å². The van der Waals surface area contributed by atoms with Crippen molar-refractivity contribution in [3.8, 4) is 0 Å². The number of nitrogens with one attached hydrogen (secondary N) is 1. The molecule has 0 aliphatic carbocycles. The van der Waals surface area contributed by atoms with Crippen molar-refractivity contribution in [2.75, 3.05) is 18.4 Å². The summed E-state index contributed by atoms with van der Waals surface area (Å²) in [5.41, 5.74) is 1.92. The molecule has 1 fully saturated rings. The molecule has 2 aliphatic rings. The Bertz CT molecular complexity index is 867. The van der Waals surface area contributed by atoms with Crippen LogP contribution in [-0.2, 0) is 0 Å². The van der Waals surface area contributed by atoms with Crippen LogP contribution in [0.1, 0.15) is 65.8 Å². The number of rotatable bonds is 2. The molecule has 4 rings (SSSR count). The van der Waals surface area contributed by atoms with E-state index >= 15 is 0 Å². The van der Waals surface area contributed by atoms with E-state index in [4.69, 9.17) is 0 Å². The number of benzene rings is 1. The van der Waals surface area contributed by atoms with Crippen LogP contribution in [0.25, 0.3) is 0 Å². The Kier molecular flexibility index (Phi) is 5.27. The highest BCUT2D eigenvalue weighted by molar-refractivity contribution is 5.93. The molecular weight excluding hydrogens is 381 g/mol. The van der Waals surface area contributed by atoms with E-state index in [1.807, 2.05) is 31.2 Å². The number of hydrogen-bond donors (Lipinski definition) is 1. The Balaban J connectivity index is 1.64. The van der Waals surface area contributed by atoms with E-state index in [-0.39, 0.29) is 23.8 Å². The van der Waals surface area contributed by atoms with E-state index in [1.54, 1.807) is 4.90 Å². The summed E-state index contributed by atoms with van der Waals surface area (Å²) in [5.74, 6) is -0.0502. The second-order valence-corrected chi connectivity index (χ2v) is 7.97. The number of fused-ring (bicyclic) bond motifs is 1. The average Bonchev–Trinajstić information content (AvgIpc) is 2.92. The molecular formula is C21H25F3N4O. The molecule has 29 heavy (non-hydrogen) atoms. The molecule has 2 aliphatic heterocycles. The third-order valence-electron chi connectivity index (χ3n) is 5.78. The molecule has 0 bridgehead atoms. The molecule has 2 atom stereocenters. The Hall–Kier alpha value is -2.51. The normalized spacial score (nSPS) is 22.6. The monoisotopic (exact) mass is 406 g/mol. The van der Waals surface area contributed by atoms with E-state index in [1.165, 1.54) is 6.07 Å². The lowest BCUT2D eigenvalue weighted by Crippen LogP contribution is -2.36. The molecule has 3 heterocycles. The highest BCUT2D eigenvalue weighted by Gasteiger charge is 2.47. The molecule has 156 valence electrons. The molecule has 1 amide bonds. The summed E-state index contributed by atoms with van der Waals surface area (Å²) in [5, 5.41) is 7.24. The second-order valence-electron chi connectivity index (χ2n) is 7.97. The zero-order chi connectivity index (χ0) is 20.6. The first kappa shape index (κ1) is 19.8. The number of carbonyl (C=O) groups excluding carboxylic acids is 1. The van der Waals surface area contributed by atoms with Gasteiger partial charge >= 0.3 is 6.18 Å². The molecule has 0 saturated carbocycles. The van der Waals surface area contributed by atoms with Gasteiger partial charge in [-0.25, -0.2) is 4.68 Å². The zero-order valence-electron chi connectivity index (χ0n) is 16.4. The quantitative estimate of drug-likeness (QED) is 0.774. The number of carbonyl (C=O) groups is 1. The third-order valence-corrected chi connectivity index (χ3v) is 5.78. The number of alkyl halides is 3. The van der Waals surface area contributed by atoms with Gasteiger partial charge in [-0.2, -0.15) is 18.3 Å². The number of likely N-dealkylation sites (tertiary alicyclic amines) is 1. The molecule has 1 N–H and O–H groups in total. The lowest BCUT2D eigenvalue weighted by Gasteiger charge is -2.33. The summed E-state index contributed by atoms with van der Waals surface area (Å²) in [6.07, 6.45) is -0.650. The van der Waals surface area contributed by atoms with Crippen LogP contribution >= 0.6 is 0 Å². The van der Waals surface area contributed by atoms with Crippen molar-refractivity contribution in [1.82, 2.24) is 14.7 Å². The molecule has 1 aromatic heterocycles. The maximum atomic E-state index is 13.8. The van der Waals surface area contributed by atoms with Crippen molar-refractivity contribution in [2.24, 2.45) is 0 Å². The average molecular weight is 406 g/mol. The third kappa shape index (κ3) is 4.11. The fraction of sp³-hybridized carbons (Fsp3) is 0.524. The molecule has 1 aromatic carbocycles. The van der Waals surface area contributed by atoms with Crippen LogP contribution in [0, 0.1) is 6.92 Å². The number of nitrogens with zero attached hydrogens (tertiary/aromatic N) is 3. The number of anilines is 1. The fourth-order valence-electron chi connectivity index (χ4n) is 4.13. The first-order valence-electron chi connectivity index (χ1n) is 10.1. The van der Waals surface area contributed by atoms with Crippen molar-refractivity contribution in [1.29, 1.82) is 0 Å². The Morgan fingerprint density at radius 2 is 1.76 bits per heavy atom. The summed E-state index contributed by atoms with van der Waals surface area (Å²) < 4.78 is 42.4. The van der Waals surface area contributed by atoms with Gasteiger partial charge in [0.15, 0.2) is 11.7 Å². The largest absolute Gasteiger partial charge is 0.410 e. The van der Waals surface area contributed by atoms with Crippen molar-refractivity contribution in [2.45, 2.75) is 57.3 Å². The molecule has 1 saturated heterocycles. The second kappa shape index (κ2) is 7.72. The topological polar surface area (TPSA) is 50.2 Å². The van der Waals surface area contributed by atoms with Crippen LogP contribution in [-0.4, -0.2) is 39.9 Å². The van der Waals surface area contributed by atoms with Gasteiger partial charge in [-0.15, -0.1) is 0 Å². The number of halogens is 3. The van der Waals surface area contributed by atoms with E-state index in [2.05, 4.69) is 10.4 Å². The molecule has 0 spiro atoms. The summed E-state index contributed by atoms with van der Waals surface area (Å²) in [6.45, 7) is 3.19. The van der Waals surface area contributed by atoms with Crippen LogP contribution in [0.15, 0.2) is 30.3 Å². The first-order chi connectivity index (χ1) is 13.8. The predicted molar refractivity (Wildman–Crippen MR) is 104 cm³/mol. The lowest BCUT2D eigenvalue weighted by molar-refractivity contribution is -0.173. The molecule has 2 aromatic rings. The van der Waals surface area contributed by atoms with Gasteiger partial charge in [0.2, 0.25) is 0 Å². The maximum absolute atomic E-state index is 13.8. The van der Waals surface area contributed by atoms with E-state index in [9.17, 15) is 18.0 Å². The Labute approximate surface area is 167 Å². The predicted octanol–water partition coefficient (Wildman–Crippen LogP) is 4.87. The summed E-state index contributed by atoms with van der Waals surface area (Å²) in [4.78, 5) is 14.6. The lowest BCUT2D eigenvalue weighted by atomic mass is 9.96. The molecule has 0 radical (unpaired) electrons. The standard InChI is InChI=1S/C21H25F3N4O/c1-14-6-8-15(9-7-14)16-12-18(21(22,23)24)28-19(25-16)13-17(26-28)20(29)27-10-4-2-3-5-11-27/h6-9,13,16,18,25H,2-5,10-12H2,1H3/t16-,18-/m0/s1. The minimum Gasteiger partial charge on any atom is -0.363 e. The van der Waals surface area contributed by atoms with Gasteiger partial charge in [0.1, 0.15) is 5.82 Å². The van der Waals surface area contributed by atoms with Crippen LogP contribution in [0.3, 0.4) is 0 Å². The van der Waals surface area contributed by atoms with Gasteiger partial charge in [-0.1, -0.05) is 42.7 Å². The van der Waals surface area contributed by atoms with E-state index in [0.717, 1.165) is 41.5 Å². The highest BCUT2D eigenvalue weighted by Crippen LogP contribution is 2.43. The molecule has 5 nitrogen and oxygen atoms in total. The minimum atomic E-state index is -4.45. The van der Waals surface area contributed by atoms with Gasteiger partial charge < -0.3 is 10.2 Å². The van der Waals surface area contributed by atoms with Gasteiger partial charge in [0.25, 0.3) is 5.91 Å². The van der Waals surface area contributed by atoms with Gasteiger partial charge in [0, 0.05) is 25.6 Å². The summed E-state index contributed by atoms with van der Waals surface area (Å²) >= 11 is 0. The smallest absolute Gasteiger partial charge is 0.363 e. The number of hydrogen-bond acceptors (Lipinski definition) is 3. The Morgan fingerprint density at radius 1 is 1.10 bits per heavy atom. The summed E-state index contributed by atoms with van der Waals surface area (Å²) in [7, 11) is 0. The molecule has 8 heteroatoms. The zero-order valence-corrected chi connectivity index (χ0v) is 16.4. The van der Waals surface area contributed by atoms with Crippen LogP contribution < -0.4 is 5.32 Å². The van der Waals surface area contributed by atoms with E-state index in [0.29, 0.717) is 13.1 Å². The Morgan fingerprint density at radius 3 is 2.38 bits per heavy atom. The molecule has 0 unspecified atom stereocenters.